The quantitative estimate of drug-likeness (QED) is 0.494. The van der Waals surface area contributed by atoms with Crippen LogP contribution >= 0.6 is 11.6 Å². The lowest BCUT2D eigenvalue weighted by Crippen LogP contribution is -2.70. The highest BCUT2D eigenvalue weighted by Crippen LogP contribution is 2.70. The molecule has 0 amide bonds. The number of halogens is 3. The van der Waals surface area contributed by atoms with E-state index < -0.39 is 58.0 Å². The summed E-state index contributed by atoms with van der Waals surface area (Å²) in [4.78, 5) is 30.6. The summed E-state index contributed by atoms with van der Waals surface area (Å²) in [5.41, 5.74) is -3.04. The Balaban J connectivity index is 1.48. The Morgan fingerprint density at radius 2 is 1.94 bits per heavy atom. The second-order valence-electron chi connectivity index (χ2n) is 11.1. The summed E-state index contributed by atoms with van der Waals surface area (Å²) in [5.74, 6) is -3.13. The molecule has 3 fully saturated rings. The zero-order valence-corrected chi connectivity index (χ0v) is 20.9. The van der Waals surface area contributed by atoms with Gasteiger partial charge in [0.05, 0.1) is 6.10 Å². The van der Waals surface area contributed by atoms with Gasteiger partial charge in [0.2, 0.25) is 0 Å². The summed E-state index contributed by atoms with van der Waals surface area (Å²) in [5, 5.41) is 22.3. The van der Waals surface area contributed by atoms with E-state index in [9.17, 15) is 19.8 Å². The van der Waals surface area contributed by atoms with Crippen LogP contribution in [0.1, 0.15) is 45.1 Å². The summed E-state index contributed by atoms with van der Waals surface area (Å²) >= 11 is 5.92. The number of carbonyl (C=O) groups excluding carboxylic acids is 1. The fourth-order valence-electron chi connectivity index (χ4n) is 7.60. The van der Waals surface area contributed by atoms with Gasteiger partial charge in [-0.3, -0.25) is 9.63 Å². The van der Waals surface area contributed by atoms with Gasteiger partial charge >= 0.3 is 5.97 Å². The van der Waals surface area contributed by atoms with E-state index in [0.717, 1.165) is 11.6 Å². The van der Waals surface area contributed by atoms with Gasteiger partial charge in [-0.05, 0) is 73.9 Å². The molecule has 0 bridgehead atoms. The second kappa shape index (κ2) is 8.45. The minimum atomic E-state index is -2.26. The van der Waals surface area contributed by atoms with Gasteiger partial charge in [0.1, 0.15) is 6.17 Å². The van der Waals surface area contributed by atoms with Crippen molar-refractivity contribution in [3.8, 4) is 0 Å². The minimum Gasteiger partial charge on any atom is -0.479 e. The van der Waals surface area contributed by atoms with Crippen LogP contribution < -0.4 is 5.48 Å². The average Bonchev–Trinajstić information content (AvgIpc) is 3.11. The van der Waals surface area contributed by atoms with Crippen LogP contribution in [0.15, 0.2) is 48.1 Å². The van der Waals surface area contributed by atoms with E-state index >= 15 is 8.78 Å². The van der Waals surface area contributed by atoms with Crippen molar-refractivity contribution >= 4 is 23.4 Å². The molecule has 0 aliphatic heterocycles. The third-order valence-corrected chi connectivity index (χ3v) is 9.78. The summed E-state index contributed by atoms with van der Waals surface area (Å²) in [6.07, 6.45) is 0.559. The number of hydroxylamine groups is 1. The standard InChI is InChI=1S/C27H30ClF2NO5/c1-24-9-7-17(32)11-20(24)21(29)12-19-18-8-10-26(23(34)35,25(18,2)13-22(33)27(19,24)30)36-31-14-15-3-5-16(28)6-4-15/h3-7,9,11,18-19,21-22,31,33H,8,10,12-14H2,1-2H3,(H,34,35)/t18-,19-,21-,22-,24-,25-,26-,27-/m0/s1. The molecule has 5 rings (SSSR count). The maximum atomic E-state index is 17.2. The second-order valence-corrected chi connectivity index (χ2v) is 11.5. The molecule has 8 atom stereocenters. The van der Waals surface area contributed by atoms with Crippen LogP contribution in [0.3, 0.4) is 0 Å². The molecule has 4 aliphatic carbocycles. The molecule has 0 radical (unpaired) electrons. The van der Waals surface area contributed by atoms with Gasteiger partial charge in [0, 0.05) is 28.3 Å². The number of aliphatic hydroxyl groups excluding tert-OH is 1. The maximum absolute atomic E-state index is 17.2. The van der Waals surface area contributed by atoms with Gasteiger partial charge in [-0.2, -0.15) is 5.48 Å². The van der Waals surface area contributed by atoms with E-state index in [-0.39, 0.29) is 31.4 Å². The van der Waals surface area contributed by atoms with Gasteiger partial charge < -0.3 is 10.2 Å². The molecule has 0 saturated heterocycles. The number of carboxylic acids is 1. The van der Waals surface area contributed by atoms with Gasteiger partial charge in [-0.25, -0.2) is 13.6 Å². The van der Waals surface area contributed by atoms with E-state index in [1.807, 2.05) is 0 Å². The molecule has 0 unspecified atom stereocenters. The van der Waals surface area contributed by atoms with Crippen LogP contribution in [0.5, 0.6) is 0 Å². The normalized spacial score (nSPS) is 43.4. The van der Waals surface area contributed by atoms with Crippen molar-refractivity contribution in [1.29, 1.82) is 0 Å². The van der Waals surface area contributed by atoms with E-state index in [1.165, 1.54) is 19.1 Å². The molecule has 0 spiro atoms. The van der Waals surface area contributed by atoms with E-state index in [0.29, 0.717) is 11.4 Å². The Morgan fingerprint density at radius 3 is 2.61 bits per heavy atom. The number of allylic oxidation sites excluding steroid dienone is 4. The predicted octanol–water partition coefficient (Wildman–Crippen LogP) is 4.50. The predicted molar refractivity (Wildman–Crippen MR) is 128 cm³/mol. The lowest BCUT2D eigenvalue weighted by Gasteiger charge is -2.63. The Bertz CT molecular complexity index is 1160. The lowest BCUT2D eigenvalue weighted by atomic mass is 9.44. The third-order valence-electron chi connectivity index (χ3n) is 9.53. The molecular weight excluding hydrogens is 492 g/mol. The first kappa shape index (κ1) is 25.5. The van der Waals surface area contributed by atoms with Crippen LogP contribution in [0.25, 0.3) is 0 Å². The van der Waals surface area contributed by atoms with Crippen molar-refractivity contribution < 1.29 is 33.4 Å². The fourth-order valence-corrected chi connectivity index (χ4v) is 7.73. The number of nitrogens with one attached hydrogen (secondary N) is 1. The number of alkyl halides is 2. The molecule has 194 valence electrons. The van der Waals surface area contributed by atoms with E-state index in [1.54, 1.807) is 31.2 Å². The molecular formula is C27H30ClF2NO5. The average molecular weight is 522 g/mol. The highest BCUT2D eigenvalue weighted by molar-refractivity contribution is 6.30. The van der Waals surface area contributed by atoms with Crippen molar-refractivity contribution in [2.45, 2.75) is 69.6 Å². The highest BCUT2D eigenvalue weighted by atomic mass is 35.5. The molecule has 3 saturated carbocycles. The maximum Gasteiger partial charge on any atom is 0.338 e. The van der Waals surface area contributed by atoms with Crippen LogP contribution in [-0.4, -0.2) is 45.5 Å². The van der Waals surface area contributed by atoms with Gasteiger partial charge in [-0.1, -0.05) is 36.7 Å². The van der Waals surface area contributed by atoms with Gasteiger partial charge in [-0.15, -0.1) is 0 Å². The fraction of sp³-hybridized carbons (Fsp3) is 0.556. The lowest BCUT2D eigenvalue weighted by molar-refractivity contribution is -0.246. The summed E-state index contributed by atoms with van der Waals surface area (Å²) < 4.78 is 32.6. The van der Waals surface area contributed by atoms with Gasteiger partial charge in [0.15, 0.2) is 17.1 Å². The van der Waals surface area contributed by atoms with Crippen molar-refractivity contribution in [3.05, 3.63) is 58.7 Å². The Morgan fingerprint density at radius 1 is 1.25 bits per heavy atom. The molecule has 9 heteroatoms. The van der Waals surface area contributed by atoms with Crippen molar-refractivity contribution in [3.63, 3.8) is 0 Å². The van der Waals surface area contributed by atoms with E-state index in [4.69, 9.17) is 16.4 Å². The number of carboxylic acid groups (broad SMARTS) is 1. The molecule has 36 heavy (non-hydrogen) atoms. The molecule has 4 aliphatic rings. The third kappa shape index (κ3) is 3.30. The summed E-state index contributed by atoms with van der Waals surface area (Å²) in [7, 11) is 0. The van der Waals surface area contributed by atoms with Crippen LogP contribution in [0, 0.1) is 22.7 Å². The Hall–Kier alpha value is -2.13. The Kier molecular flexibility index (Phi) is 5.99. The number of rotatable bonds is 5. The summed E-state index contributed by atoms with van der Waals surface area (Å²) in [6, 6.07) is 6.99. The monoisotopic (exact) mass is 521 g/mol. The SMILES string of the molecule is C[C@]12C=CC(=O)C=C1[C@@H](F)C[C@H]1[C@@H]3CC[C@](ONCc4ccc(Cl)cc4)(C(=O)O)[C@@]3(C)C[C@H](O)[C@@]12F. The molecule has 1 aromatic rings. The van der Waals surface area contributed by atoms with Crippen LogP contribution in [-0.2, 0) is 21.0 Å². The zero-order chi connectivity index (χ0) is 26.1. The number of hydrogen-bond acceptors (Lipinski definition) is 5. The number of ketones is 1. The van der Waals surface area contributed by atoms with Crippen molar-refractivity contribution in [2.24, 2.45) is 22.7 Å². The summed E-state index contributed by atoms with van der Waals surface area (Å²) in [6.45, 7) is 3.44. The molecule has 3 N–H and O–H groups in total. The first-order valence-corrected chi connectivity index (χ1v) is 12.6. The minimum absolute atomic E-state index is 0.0415. The molecule has 1 aromatic carbocycles. The molecule has 0 heterocycles. The molecule has 0 aromatic heterocycles. The smallest absolute Gasteiger partial charge is 0.338 e. The first-order chi connectivity index (χ1) is 16.9. The van der Waals surface area contributed by atoms with Crippen LogP contribution in [0.4, 0.5) is 8.78 Å². The zero-order valence-electron chi connectivity index (χ0n) is 20.1. The van der Waals surface area contributed by atoms with Crippen molar-refractivity contribution in [2.75, 3.05) is 0 Å². The first-order valence-electron chi connectivity index (χ1n) is 12.2. The van der Waals surface area contributed by atoms with Crippen molar-refractivity contribution in [1.82, 2.24) is 5.48 Å². The number of carbonyl (C=O) groups is 2. The van der Waals surface area contributed by atoms with E-state index in [2.05, 4.69) is 5.48 Å². The largest absolute Gasteiger partial charge is 0.479 e. The Labute approximate surface area is 213 Å². The number of aliphatic carboxylic acids is 1. The number of benzene rings is 1. The molecule has 6 nitrogen and oxygen atoms in total. The number of hydrogen-bond donors (Lipinski definition) is 3. The highest BCUT2D eigenvalue weighted by Gasteiger charge is 2.76. The van der Waals surface area contributed by atoms with Gasteiger partial charge in [0.25, 0.3) is 0 Å². The van der Waals surface area contributed by atoms with Crippen LogP contribution in [0.2, 0.25) is 5.02 Å². The number of aliphatic hydroxyl groups is 1. The topological polar surface area (TPSA) is 95.9 Å². The number of fused-ring (bicyclic) bond motifs is 5.